The van der Waals surface area contributed by atoms with Gasteiger partial charge in [-0.2, -0.15) is 0 Å². The zero-order chi connectivity index (χ0) is 40.3. The van der Waals surface area contributed by atoms with Crippen LogP contribution in [0.3, 0.4) is 0 Å². The molecule has 10 heteroatoms. The molecule has 320 valence electrons. The highest BCUT2D eigenvalue weighted by molar-refractivity contribution is 7.47. The molecule has 0 aromatic rings. The predicted molar refractivity (Wildman–Crippen MR) is 229 cm³/mol. The Balaban J connectivity index is 4.16. The molecule has 0 saturated heterocycles. The number of ether oxygens (including phenoxy) is 2. The minimum atomic E-state index is -4.39. The van der Waals surface area contributed by atoms with Crippen LogP contribution in [-0.4, -0.2) is 49.3 Å². The van der Waals surface area contributed by atoms with Crippen molar-refractivity contribution in [1.82, 2.24) is 0 Å². The number of rotatable bonds is 41. The van der Waals surface area contributed by atoms with Crippen molar-refractivity contribution < 1.29 is 37.6 Å². The van der Waals surface area contributed by atoms with Gasteiger partial charge in [0.25, 0.3) is 0 Å². The minimum Gasteiger partial charge on any atom is -0.462 e. The van der Waals surface area contributed by atoms with Crippen LogP contribution >= 0.6 is 7.82 Å². The fourth-order valence-electron chi connectivity index (χ4n) is 5.98. The third kappa shape index (κ3) is 41.4. The molecule has 0 heterocycles. The molecule has 0 saturated carbocycles. The number of phosphoric ester groups is 1. The smallest absolute Gasteiger partial charge is 0.462 e. The maximum absolute atomic E-state index is 12.6. The topological polar surface area (TPSA) is 134 Å². The lowest BCUT2D eigenvalue weighted by Gasteiger charge is -2.19. The zero-order valence-electron chi connectivity index (χ0n) is 35.2. The molecule has 3 N–H and O–H groups in total. The first kappa shape index (κ1) is 53.0. The van der Waals surface area contributed by atoms with Crippen LogP contribution in [0.2, 0.25) is 0 Å². The number of hydrogen-bond acceptors (Lipinski definition) is 8. The summed E-state index contributed by atoms with van der Waals surface area (Å²) in [4.78, 5) is 34.9. The minimum absolute atomic E-state index is 0.0473. The summed E-state index contributed by atoms with van der Waals surface area (Å²) in [5, 5.41) is 0. The quantitative estimate of drug-likeness (QED) is 0.0268. The van der Waals surface area contributed by atoms with Gasteiger partial charge in [-0.05, 0) is 51.4 Å². The SMILES string of the molecule is CC/C=C/C/C=C/C/C=C/C/C=C/CCCCC(=O)OC[C@H](COP(=O)(O)OCCN)OC(=O)CCCCCCCCCCCCCCCCCCCCC. The second-order valence-electron chi connectivity index (χ2n) is 14.5. The van der Waals surface area contributed by atoms with Crippen LogP contribution in [0.25, 0.3) is 0 Å². The van der Waals surface area contributed by atoms with Crippen molar-refractivity contribution in [3.8, 4) is 0 Å². The van der Waals surface area contributed by atoms with E-state index in [-0.39, 0.29) is 32.6 Å². The lowest BCUT2D eigenvalue weighted by molar-refractivity contribution is -0.161. The van der Waals surface area contributed by atoms with Gasteiger partial charge in [0.1, 0.15) is 6.61 Å². The van der Waals surface area contributed by atoms with E-state index in [4.69, 9.17) is 24.3 Å². The van der Waals surface area contributed by atoms with E-state index in [1.165, 1.54) is 96.3 Å². The first-order valence-electron chi connectivity index (χ1n) is 22.1. The molecule has 2 atom stereocenters. The fraction of sp³-hybridized carbons (Fsp3) is 0.778. The number of unbranched alkanes of at least 4 members (excludes halogenated alkanes) is 20. The Morgan fingerprint density at radius 2 is 1.00 bits per heavy atom. The Kier molecular flexibility index (Phi) is 40.1. The van der Waals surface area contributed by atoms with Gasteiger partial charge >= 0.3 is 19.8 Å². The van der Waals surface area contributed by atoms with E-state index in [1.54, 1.807) is 0 Å². The summed E-state index contributed by atoms with van der Waals surface area (Å²) in [6, 6.07) is 0. The molecule has 0 bridgehead atoms. The van der Waals surface area contributed by atoms with Gasteiger partial charge in [-0.25, -0.2) is 4.57 Å². The largest absolute Gasteiger partial charge is 0.472 e. The van der Waals surface area contributed by atoms with E-state index >= 15 is 0 Å². The maximum atomic E-state index is 12.6. The van der Waals surface area contributed by atoms with Crippen LogP contribution in [0.5, 0.6) is 0 Å². The molecule has 0 spiro atoms. The summed E-state index contributed by atoms with van der Waals surface area (Å²) in [5.41, 5.74) is 5.35. The number of hydrogen-bond donors (Lipinski definition) is 2. The third-order valence-electron chi connectivity index (χ3n) is 9.23. The number of carbonyl (C=O) groups excluding carboxylic acids is 2. The van der Waals surface area contributed by atoms with Crippen molar-refractivity contribution in [1.29, 1.82) is 0 Å². The number of esters is 2. The van der Waals surface area contributed by atoms with Crippen LogP contribution < -0.4 is 5.73 Å². The molecule has 0 aliphatic rings. The van der Waals surface area contributed by atoms with Gasteiger partial charge in [0.05, 0.1) is 13.2 Å². The second kappa shape index (κ2) is 41.6. The lowest BCUT2D eigenvalue weighted by atomic mass is 10.0. The molecule has 0 fully saturated rings. The molecule has 0 rings (SSSR count). The summed E-state index contributed by atoms with van der Waals surface area (Å²) in [6.07, 6.45) is 47.2. The van der Waals surface area contributed by atoms with Gasteiger partial charge in [0.2, 0.25) is 0 Å². The molecule has 1 unspecified atom stereocenters. The average Bonchev–Trinajstić information content (AvgIpc) is 3.17. The van der Waals surface area contributed by atoms with Crippen molar-refractivity contribution in [2.24, 2.45) is 5.73 Å². The maximum Gasteiger partial charge on any atom is 0.472 e. The highest BCUT2D eigenvalue weighted by Crippen LogP contribution is 2.43. The Morgan fingerprint density at radius 1 is 0.564 bits per heavy atom. The second-order valence-corrected chi connectivity index (χ2v) is 16.0. The molecule has 0 radical (unpaired) electrons. The van der Waals surface area contributed by atoms with E-state index in [9.17, 15) is 19.0 Å². The van der Waals surface area contributed by atoms with Crippen molar-refractivity contribution in [2.45, 2.75) is 200 Å². The highest BCUT2D eigenvalue weighted by Gasteiger charge is 2.26. The van der Waals surface area contributed by atoms with Crippen LogP contribution in [0.1, 0.15) is 194 Å². The normalized spacial score (nSPS) is 13.7. The van der Waals surface area contributed by atoms with Crippen molar-refractivity contribution in [2.75, 3.05) is 26.4 Å². The van der Waals surface area contributed by atoms with Gasteiger partial charge < -0.3 is 20.1 Å². The monoisotopic (exact) mass is 796 g/mol. The standard InChI is InChI=1S/C45H82NO8P/c1-3-5-7-9-11-13-15-17-19-20-21-22-24-26-28-30-32-34-36-38-45(48)54-43(42-53-55(49,50)52-40-39-46)41-51-44(47)37-35-33-31-29-27-25-23-18-16-14-12-10-8-6-4-2/h6,8,12,14,18,23,27,29,43H,3-5,7,9-11,13,15-17,19-22,24-26,28,30-42,46H2,1-2H3,(H,49,50)/b8-6+,14-12+,23-18+,29-27+/t43-/m1/s1. The molecule has 0 aliphatic carbocycles. The Hall–Kier alpha value is -2.03. The van der Waals surface area contributed by atoms with E-state index < -0.39 is 32.5 Å². The van der Waals surface area contributed by atoms with Crippen LogP contribution in [0.4, 0.5) is 0 Å². The summed E-state index contributed by atoms with van der Waals surface area (Å²) >= 11 is 0. The summed E-state index contributed by atoms with van der Waals surface area (Å²) in [5.74, 6) is -0.873. The molecular weight excluding hydrogens is 713 g/mol. The van der Waals surface area contributed by atoms with E-state index in [1.807, 2.05) is 0 Å². The molecule has 0 aromatic carbocycles. The molecule has 0 amide bonds. The molecule has 9 nitrogen and oxygen atoms in total. The first-order valence-corrected chi connectivity index (χ1v) is 23.6. The molecular formula is C45H82NO8P. The zero-order valence-corrected chi connectivity index (χ0v) is 36.0. The Labute approximate surface area is 336 Å². The summed E-state index contributed by atoms with van der Waals surface area (Å²) in [7, 11) is -4.39. The van der Waals surface area contributed by atoms with Gasteiger partial charge in [-0.15, -0.1) is 0 Å². The number of carbonyl (C=O) groups is 2. The lowest BCUT2D eigenvalue weighted by Crippen LogP contribution is -2.29. The van der Waals surface area contributed by atoms with Crippen molar-refractivity contribution >= 4 is 19.8 Å². The molecule has 55 heavy (non-hydrogen) atoms. The van der Waals surface area contributed by atoms with Crippen LogP contribution in [0.15, 0.2) is 48.6 Å². The molecule has 0 aromatic heterocycles. The van der Waals surface area contributed by atoms with Crippen molar-refractivity contribution in [3.63, 3.8) is 0 Å². The first-order chi connectivity index (χ1) is 26.8. The van der Waals surface area contributed by atoms with E-state index in [0.717, 1.165) is 57.8 Å². The summed E-state index contributed by atoms with van der Waals surface area (Å²) in [6.45, 7) is 3.58. The van der Waals surface area contributed by atoms with Crippen LogP contribution in [0, 0.1) is 0 Å². The van der Waals surface area contributed by atoms with E-state index in [2.05, 4.69) is 62.5 Å². The molecule has 0 aliphatic heterocycles. The van der Waals surface area contributed by atoms with Gasteiger partial charge in [-0.1, -0.05) is 178 Å². The summed E-state index contributed by atoms with van der Waals surface area (Å²) < 4.78 is 32.7. The predicted octanol–water partition coefficient (Wildman–Crippen LogP) is 12.7. The number of phosphoric acid groups is 1. The number of allylic oxidation sites excluding steroid dienone is 8. The number of nitrogens with two attached hydrogens (primary N) is 1. The highest BCUT2D eigenvalue weighted by atomic mass is 31.2. The average molecular weight is 796 g/mol. The van der Waals surface area contributed by atoms with Gasteiger partial charge in [0.15, 0.2) is 6.10 Å². The van der Waals surface area contributed by atoms with E-state index in [0.29, 0.717) is 12.8 Å². The fourth-order valence-corrected chi connectivity index (χ4v) is 6.74. The van der Waals surface area contributed by atoms with Crippen molar-refractivity contribution in [3.05, 3.63) is 48.6 Å². The van der Waals surface area contributed by atoms with Gasteiger partial charge in [0, 0.05) is 19.4 Å². The van der Waals surface area contributed by atoms with Crippen LogP contribution in [-0.2, 0) is 32.7 Å². The Morgan fingerprint density at radius 3 is 1.49 bits per heavy atom. The third-order valence-corrected chi connectivity index (χ3v) is 10.2. The van der Waals surface area contributed by atoms with Gasteiger partial charge in [-0.3, -0.25) is 18.6 Å². The Bertz CT molecular complexity index is 1040.